The summed E-state index contributed by atoms with van der Waals surface area (Å²) in [7, 11) is 0. The van der Waals surface area contributed by atoms with Gasteiger partial charge in [0, 0.05) is 18.0 Å². The molecule has 3 heterocycles. The van der Waals surface area contributed by atoms with Crippen LogP contribution in [-0.4, -0.2) is 33.7 Å². The lowest BCUT2D eigenvalue weighted by molar-refractivity contribution is -0.133. The maximum atomic E-state index is 12.5. The number of aryl methyl sites for hydroxylation is 1. The first kappa shape index (κ1) is 16.7. The number of anilines is 1. The Morgan fingerprint density at radius 2 is 2.25 bits per heavy atom. The van der Waals surface area contributed by atoms with Crippen molar-refractivity contribution in [3.05, 3.63) is 33.4 Å². The van der Waals surface area contributed by atoms with Crippen LogP contribution in [0, 0.1) is 12.8 Å². The van der Waals surface area contributed by atoms with E-state index in [4.69, 9.17) is 5.73 Å². The summed E-state index contributed by atoms with van der Waals surface area (Å²) in [6.45, 7) is 5.58. The van der Waals surface area contributed by atoms with Crippen LogP contribution in [-0.2, 0) is 11.3 Å². The fourth-order valence-corrected chi connectivity index (χ4v) is 3.83. The van der Waals surface area contributed by atoms with E-state index in [1.165, 1.54) is 4.68 Å². The van der Waals surface area contributed by atoms with Crippen LogP contribution in [0.15, 0.2) is 23.0 Å². The molecule has 1 saturated heterocycles. The van der Waals surface area contributed by atoms with Gasteiger partial charge in [-0.25, -0.2) is 4.68 Å². The molecule has 0 aliphatic carbocycles. The minimum Gasteiger partial charge on any atom is -0.394 e. The summed E-state index contributed by atoms with van der Waals surface area (Å²) in [5.41, 5.74) is 6.18. The number of amides is 1. The average molecular weight is 346 g/mol. The molecule has 0 bridgehead atoms. The summed E-state index contributed by atoms with van der Waals surface area (Å²) < 4.78 is 1.20. The predicted molar refractivity (Wildman–Crippen MR) is 95.9 cm³/mol. The van der Waals surface area contributed by atoms with Crippen LogP contribution >= 0.6 is 11.3 Å². The molecule has 1 aliphatic heterocycles. The Bertz CT molecular complexity index is 811. The highest BCUT2D eigenvalue weighted by atomic mass is 32.1. The van der Waals surface area contributed by atoms with Gasteiger partial charge >= 0.3 is 0 Å². The van der Waals surface area contributed by atoms with E-state index in [2.05, 4.69) is 12.0 Å². The van der Waals surface area contributed by atoms with Crippen LogP contribution in [0.2, 0.25) is 0 Å². The number of rotatable bonds is 3. The molecule has 0 radical (unpaired) electrons. The van der Waals surface area contributed by atoms with Gasteiger partial charge in [0.05, 0.1) is 4.88 Å². The number of hydrogen-bond donors (Lipinski definition) is 1. The summed E-state index contributed by atoms with van der Waals surface area (Å²) >= 11 is 1.58. The van der Waals surface area contributed by atoms with Gasteiger partial charge < -0.3 is 10.6 Å². The van der Waals surface area contributed by atoms with E-state index in [1.54, 1.807) is 17.4 Å². The van der Waals surface area contributed by atoms with Crippen LogP contribution in [0.3, 0.4) is 0 Å². The van der Waals surface area contributed by atoms with E-state index in [1.807, 2.05) is 24.0 Å². The molecule has 0 aromatic carbocycles. The lowest BCUT2D eigenvalue weighted by Crippen LogP contribution is -2.42. The van der Waals surface area contributed by atoms with Crippen LogP contribution in [0.1, 0.15) is 24.6 Å². The molecule has 6 nitrogen and oxygen atoms in total. The summed E-state index contributed by atoms with van der Waals surface area (Å²) in [4.78, 5) is 28.7. The number of carbonyl (C=O) groups excluding carboxylic acids is 1. The Morgan fingerprint density at radius 1 is 1.46 bits per heavy atom. The highest BCUT2D eigenvalue weighted by Gasteiger charge is 2.22. The lowest BCUT2D eigenvalue weighted by Gasteiger charge is -2.31. The molecule has 24 heavy (non-hydrogen) atoms. The number of likely N-dealkylation sites (tertiary alicyclic amines) is 1. The number of nitrogens with two attached hydrogens (primary N) is 1. The Hall–Kier alpha value is -2.15. The van der Waals surface area contributed by atoms with Crippen LogP contribution in [0.5, 0.6) is 0 Å². The molecule has 1 aliphatic rings. The van der Waals surface area contributed by atoms with Gasteiger partial charge in [-0.3, -0.25) is 9.59 Å². The highest BCUT2D eigenvalue weighted by Crippen LogP contribution is 2.26. The predicted octanol–water partition coefficient (Wildman–Crippen LogP) is 2.12. The maximum absolute atomic E-state index is 12.5. The monoisotopic (exact) mass is 346 g/mol. The maximum Gasteiger partial charge on any atom is 0.290 e. The van der Waals surface area contributed by atoms with E-state index in [0.29, 0.717) is 11.6 Å². The average Bonchev–Trinajstić information content (AvgIpc) is 2.98. The van der Waals surface area contributed by atoms with E-state index < -0.39 is 5.56 Å². The Morgan fingerprint density at radius 3 is 2.92 bits per heavy atom. The molecular formula is C17H22N4O2S. The summed E-state index contributed by atoms with van der Waals surface area (Å²) in [5, 5.41) is 4.36. The van der Waals surface area contributed by atoms with Gasteiger partial charge in [0.25, 0.3) is 5.56 Å². The van der Waals surface area contributed by atoms with Gasteiger partial charge in [0.15, 0.2) is 0 Å². The molecule has 1 atom stereocenters. The van der Waals surface area contributed by atoms with Crippen LogP contribution in [0.4, 0.5) is 5.69 Å². The van der Waals surface area contributed by atoms with Crippen molar-refractivity contribution in [1.29, 1.82) is 0 Å². The fraction of sp³-hybridized carbons (Fsp3) is 0.471. The van der Waals surface area contributed by atoms with E-state index >= 15 is 0 Å². The first-order valence-electron chi connectivity index (χ1n) is 8.16. The van der Waals surface area contributed by atoms with Gasteiger partial charge in [0.1, 0.15) is 17.9 Å². The molecule has 2 aromatic heterocycles. The summed E-state index contributed by atoms with van der Waals surface area (Å²) in [5.74, 6) is 0.424. The van der Waals surface area contributed by atoms with Crippen LogP contribution < -0.4 is 11.3 Å². The van der Waals surface area contributed by atoms with E-state index in [0.717, 1.165) is 35.7 Å². The molecular weight excluding hydrogens is 324 g/mol. The van der Waals surface area contributed by atoms with Crippen molar-refractivity contribution < 1.29 is 4.79 Å². The first-order chi connectivity index (χ1) is 11.4. The van der Waals surface area contributed by atoms with Crippen molar-refractivity contribution in [2.45, 2.75) is 33.2 Å². The number of aromatic nitrogens is 2. The molecule has 128 valence electrons. The largest absolute Gasteiger partial charge is 0.394 e. The molecule has 3 rings (SSSR count). The van der Waals surface area contributed by atoms with E-state index in [-0.39, 0.29) is 18.1 Å². The number of hydrogen-bond acceptors (Lipinski definition) is 5. The van der Waals surface area contributed by atoms with Crippen molar-refractivity contribution in [3.63, 3.8) is 0 Å². The van der Waals surface area contributed by atoms with Crippen molar-refractivity contribution in [2.24, 2.45) is 5.92 Å². The van der Waals surface area contributed by atoms with Gasteiger partial charge in [-0.05, 0) is 43.9 Å². The quantitative estimate of drug-likeness (QED) is 0.923. The molecule has 1 fully saturated rings. The Balaban J connectivity index is 1.86. The zero-order valence-corrected chi connectivity index (χ0v) is 14.8. The van der Waals surface area contributed by atoms with Gasteiger partial charge in [-0.15, -0.1) is 11.3 Å². The Labute approximate surface area is 144 Å². The van der Waals surface area contributed by atoms with Crippen LogP contribution in [0.25, 0.3) is 10.6 Å². The van der Waals surface area contributed by atoms with Crippen molar-refractivity contribution >= 4 is 22.9 Å². The van der Waals surface area contributed by atoms with Gasteiger partial charge in [0.2, 0.25) is 5.91 Å². The fourth-order valence-electron chi connectivity index (χ4n) is 3.01. The van der Waals surface area contributed by atoms with Gasteiger partial charge in [-0.1, -0.05) is 6.92 Å². The zero-order chi connectivity index (χ0) is 17.3. The number of nitrogens with zero attached hydrogens (tertiary/aromatic N) is 3. The standard InChI is InChI=1S/C17H22N4O2S/c1-11-4-3-7-20(9-11)16(22)10-21-17(23)13(18)8-14(19-21)15-6-5-12(2)24-15/h5-6,8,11H,3-4,7,9-10,18H2,1-2H3. The number of thiophene rings is 1. The molecule has 1 unspecified atom stereocenters. The molecule has 7 heteroatoms. The molecule has 0 saturated carbocycles. The zero-order valence-electron chi connectivity index (χ0n) is 14.0. The Kier molecular flexibility index (Phi) is 4.71. The minimum absolute atomic E-state index is 0.0616. The lowest BCUT2D eigenvalue weighted by atomic mass is 10.0. The normalized spacial score (nSPS) is 17.9. The highest BCUT2D eigenvalue weighted by molar-refractivity contribution is 7.15. The smallest absolute Gasteiger partial charge is 0.290 e. The first-order valence-corrected chi connectivity index (χ1v) is 8.98. The molecule has 2 aromatic rings. The minimum atomic E-state index is -0.412. The third kappa shape index (κ3) is 3.51. The summed E-state index contributed by atoms with van der Waals surface area (Å²) in [6, 6.07) is 5.52. The topological polar surface area (TPSA) is 81.2 Å². The van der Waals surface area contributed by atoms with Crippen molar-refractivity contribution in [3.8, 4) is 10.6 Å². The third-order valence-electron chi connectivity index (χ3n) is 4.29. The second kappa shape index (κ2) is 6.76. The second-order valence-electron chi connectivity index (χ2n) is 6.45. The summed E-state index contributed by atoms with van der Waals surface area (Å²) in [6.07, 6.45) is 2.15. The molecule has 2 N–H and O–H groups in total. The number of carbonyl (C=O) groups is 1. The number of nitrogen functional groups attached to an aromatic ring is 1. The second-order valence-corrected chi connectivity index (χ2v) is 7.73. The molecule has 0 spiro atoms. The van der Waals surface area contributed by atoms with Crippen molar-refractivity contribution in [1.82, 2.24) is 14.7 Å². The van der Waals surface area contributed by atoms with Gasteiger partial charge in [-0.2, -0.15) is 5.10 Å². The van der Waals surface area contributed by atoms with Crippen molar-refractivity contribution in [2.75, 3.05) is 18.8 Å². The number of piperidine rings is 1. The SMILES string of the molecule is Cc1ccc(-c2cc(N)c(=O)n(CC(=O)N3CCCC(C)C3)n2)s1. The molecule has 1 amide bonds. The van der Waals surface area contributed by atoms with E-state index in [9.17, 15) is 9.59 Å². The third-order valence-corrected chi connectivity index (χ3v) is 5.31.